The molecule has 1 saturated heterocycles. The van der Waals surface area contributed by atoms with E-state index in [0.29, 0.717) is 5.92 Å². The largest absolute Gasteiger partial charge is 0.390 e. The molecule has 2 saturated carbocycles. The Labute approximate surface area is 276 Å². The molecule has 0 amide bonds. The third-order valence-electron chi connectivity index (χ3n) is 11.9. The van der Waals surface area contributed by atoms with Crippen LogP contribution < -0.4 is 0 Å². The highest BCUT2D eigenvalue weighted by Gasteiger charge is 2.41. The van der Waals surface area contributed by atoms with Crippen molar-refractivity contribution in [2.24, 2.45) is 23.7 Å². The molecular formula is C42H64N2O. The van der Waals surface area contributed by atoms with E-state index in [1.54, 1.807) is 5.57 Å². The smallest absolute Gasteiger partial charge is 0.0700 e. The Morgan fingerprint density at radius 2 is 1.16 bits per heavy atom. The molecule has 0 atom stereocenters. The van der Waals surface area contributed by atoms with Gasteiger partial charge < -0.3 is 5.11 Å². The minimum absolute atomic E-state index is 0.385. The van der Waals surface area contributed by atoms with E-state index in [9.17, 15) is 5.11 Å². The second kappa shape index (κ2) is 17.8. The van der Waals surface area contributed by atoms with Gasteiger partial charge in [0, 0.05) is 39.3 Å². The zero-order chi connectivity index (χ0) is 31.3. The zero-order valence-corrected chi connectivity index (χ0v) is 28.9. The van der Waals surface area contributed by atoms with Crippen LogP contribution in [0.1, 0.15) is 121 Å². The van der Waals surface area contributed by atoms with E-state index < -0.39 is 0 Å². The number of benzene rings is 2. The lowest BCUT2D eigenvalue weighted by Crippen LogP contribution is -2.49. The highest BCUT2D eigenvalue weighted by molar-refractivity contribution is 5.17. The van der Waals surface area contributed by atoms with Gasteiger partial charge in [-0.1, -0.05) is 125 Å². The van der Waals surface area contributed by atoms with Crippen LogP contribution in [0.5, 0.6) is 0 Å². The van der Waals surface area contributed by atoms with Crippen LogP contribution in [0.15, 0.2) is 72.3 Å². The van der Waals surface area contributed by atoms with Gasteiger partial charge >= 0.3 is 0 Å². The number of piperidine rings is 1. The average Bonchev–Trinajstić information content (AvgIpc) is 3.09. The highest BCUT2D eigenvalue weighted by atomic mass is 16.3. The minimum atomic E-state index is -0.385. The summed E-state index contributed by atoms with van der Waals surface area (Å²) in [5.41, 5.74) is 4.22. The quantitative estimate of drug-likeness (QED) is 0.271. The number of nitrogens with zero attached hydrogens (tertiary/aromatic N) is 2. The van der Waals surface area contributed by atoms with Gasteiger partial charge in [0.05, 0.1) is 5.60 Å². The van der Waals surface area contributed by atoms with E-state index >= 15 is 0 Å². The summed E-state index contributed by atoms with van der Waals surface area (Å²) in [4.78, 5) is 5.09. The van der Waals surface area contributed by atoms with Crippen molar-refractivity contribution in [1.29, 1.82) is 0 Å². The number of aliphatic hydroxyl groups is 1. The molecular weight excluding hydrogens is 548 g/mol. The second-order valence-electron chi connectivity index (χ2n) is 15.1. The Bertz CT molecular complexity index is 1110. The minimum Gasteiger partial charge on any atom is -0.390 e. The molecule has 0 bridgehead atoms. The SMILES string of the molecule is CCCC1CCC(C2(O)CCN(Cc3ccccc3)CC2)CC1.CCCC1CCC(C2=CCN(Cc3ccccc3)CC2)CC1. The van der Waals surface area contributed by atoms with Crippen molar-refractivity contribution in [1.82, 2.24) is 9.80 Å². The number of rotatable bonds is 10. The molecule has 3 fully saturated rings. The van der Waals surface area contributed by atoms with Gasteiger partial charge in [0.15, 0.2) is 0 Å². The fraction of sp³-hybridized carbons (Fsp3) is 0.667. The van der Waals surface area contributed by atoms with Crippen molar-refractivity contribution in [2.45, 2.75) is 129 Å². The second-order valence-corrected chi connectivity index (χ2v) is 15.1. The predicted octanol–water partition coefficient (Wildman–Crippen LogP) is 10.0. The summed E-state index contributed by atoms with van der Waals surface area (Å²) in [5.74, 6) is 3.42. The van der Waals surface area contributed by atoms with Crippen molar-refractivity contribution >= 4 is 0 Å². The maximum Gasteiger partial charge on any atom is 0.0700 e. The van der Waals surface area contributed by atoms with Gasteiger partial charge in [0.1, 0.15) is 0 Å². The van der Waals surface area contributed by atoms with Gasteiger partial charge in [-0.25, -0.2) is 0 Å². The summed E-state index contributed by atoms with van der Waals surface area (Å²) >= 11 is 0. The monoisotopic (exact) mass is 613 g/mol. The molecule has 45 heavy (non-hydrogen) atoms. The normalized spacial score (nSPS) is 27.7. The van der Waals surface area contributed by atoms with E-state index in [2.05, 4.69) is 90.4 Å². The van der Waals surface area contributed by atoms with Crippen molar-refractivity contribution < 1.29 is 5.11 Å². The van der Waals surface area contributed by atoms with Crippen molar-refractivity contribution in [3.05, 3.63) is 83.4 Å². The molecule has 4 aliphatic rings. The van der Waals surface area contributed by atoms with Gasteiger partial charge in [-0.05, 0) is 92.6 Å². The van der Waals surface area contributed by atoms with Crippen LogP contribution in [0.4, 0.5) is 0 Å². The molecule has 6 rings (SSSR count). The lowest BCUT2D eigenvalue weighted by atomic mass is 9.69. The Morgan fingerprint density at radius 3 is 1.64 bits per heavy atom. The molecule has 0 unspecified atom stereocenters. The van der Waals surface area contributed by atoms with Crippen LogP contribution >= 0.6 is 0 Å². The fourth-order valence-electron chi connectivity index (χ4n) is 9.06. The van der Waals surface area contributed by atoms with Gasteiger partial charge in [0.25, 0.3) is 0 Å². The van der Waals surface area contributed by atoms with Gasteiger partial charge in [-0.2, -0.15) is 0 Å². The average molecular weight is 613 g/mol. The highest BCUT2D eigenvalue weighted by Crippen LogP contribution is 2.42. The summed E-state index contributed by atoms with van der Waals surface area (Å²) in [6.45, 7) is 11.2. The standard InChI is InChI=1S/C21H33NO.C21H31N/c1-2-6-18-9-11-20(12-10-18)21(23)13-15-22(16-14-21)17-19-7-4-3-5-8-19;1-2-6-18-9-11-20(12-10-18)21-13-15-22(16-14-21)17-19-7-4-3-5-8-19/h3-5,7-8,18,20,23H,2,6,9-17H2,1H3;3-5,7-8,13,18,20H,2,6,9-12,14-17H2,1H3. The first-order chi connectivity index (χ1) is 22.0. The summed E-state index contributed by atoms with van der Waals surface area (Å²) in [7, 11) is 0. The van der Waals surface area contributed by atoms with Crippen molar-refractivity contribution in [3.63, 3.8) is 0 Å². The fourth-order valence-corrected chi connectivity index (χ4v) is 9.06. The van der Waals surface area contributed by atoms with Crippen LogP contribution in [0.2, 0.25) is 0 Å². The first-order valence-electron chi connectivity index (χ1n) is 19.0. The topological polar surface area (TPSA) is 26.7 Å². The Hall–Kier alpha value is -1.94. The van der Waals surface area contributed by atoms with Crippen LogP contribution in [-0.4, -0.2) is 46.7 Å². The van der Waals surface area contributed by atoms with Crippen LogP contribution in [0, 0.1) is 23.7 Å². The van der Waals surface area contributed by atoms with E-state index in [1.807, 2.05) is 0 Å². The molecule has 1 N–H and O–H groups in total. The summed E-state index contributed by atoms with van der Waals surface area (Å²) in [5, 5.41) is 11.2. The Morgan fingerprint density at radius 1 is 0.644 bits per heavy atom. The maximum absolute atomic E-state index is 11.2. The van der Waals surface area contributed by atoms with E-state index in [0.717, 1.165) is 63.3 Å². The molecule has 2 aliphatic carbocycles. The number of hydrogen-bond donors (Lipinski definition) is 1. The molecule has 2 aromatic carbocycles. The lowest BCUT2D eigenvalue weighted by molar-refractivity contribution is -0.0822. The van der Waals surface area contributed by atoms with Gasteiger partial charge in [-0.3, -0.25) is 9.80 Å². The van der Waals surface area contributed by atoms with Crippen LogP contribution in [0.25, 0.3) is 0 Å². The van der Waals surface area contributed by atoms with Crippen LogP contribution in [-0.2, 0) is 13.1 Å². The Kier molecular flexibility index (Phi) is 13.6. The van der Waals surface area contributed by atoms with Crippen molar-refractivity contribution in [3.8, 4) is 0 Å². The van der Waals surface area contributed by atoms with E-state index in [4.69, 9.17) is 0 Å². The lowest BCUT2D eigenvalue weighted by Gasteiger charge is -2.45. The molecule has 2 aliphatic heterocycles. The molecule has 0 spiro atoms. The first-order valence-corrected chi connectivity index (χ1v) is 19.0. The summed E-state index contributed by atoms with van der Waals surface area (Å²) in [6.07, 6.45) is 22.3. The summed E-state index contributed by atoms with van der Waals surface area (Å²) < 4.78 is 0. The third-order valence-corrected chi connectivity index (χ3v) is 11.9. The van der Waals surface area contributed by atoms with E-state index in [-0.39, 0.29) is 5.60 Å². The molecule has 3 nitrogen and oxygen atoms in total. The van der Waals surface area contributed by atoms with Crippen molar-refractivity contribution in [2.75, 3.05) is 26.2 Å². The zero-order valence-electron chi connectivity index (χ0n) is 28.9. The Balaban J connectivity index is 0.000000178. The third kappa shape index (κ3) is 10.5. The number of likely N-dealkylation sites (tertiary alicyclic amines) is 1. The molecule has 0 radical (unpaired) electrons. The van der Waals surface area contributed by atoms with Crippen LogP contribution in [0.3, 0.4) is 0 Å². The summed E-state index contributed by atoms with van der Waals surface area (Å²) in [6, 6.07) is 21.6. The molecule has 248 valence electrons. The molecule has 2 aromatic rings. The van der Waals surface area contributed by atoms with E-state index in [1.165, 1.54) is 101 Å². The molecule has 2 heterocycles. The molecule has 3 heteroatoms. The molecule has 0 aromatic heterocycles. The maximum atomic E-state index is 11.2. The van der Waals surface area contributed by atoms with Gasteiger partial charge in [-0.15, -0.1) is 0 Å². The number of hydrogen-bond acceptors (Lipinski definition) is 3. The van der Waals surface area contributed by atoms with Gasteiger partial charge in [0.2, 0.25) is 0 Å². The predicted molar refractivity (Wildman–Crippen MR) is 191 cm³/mol. The first kappa shape index (κ1) is 34.4.